The van der Waals surface area contributed by atoms with E-state index in [1.807, 2.05) is 6.92 Å². The molecule has 0 amide bonds. The van der Waals surface area contributed by atoms with Gasteiger partial charge in [-0.3, -0.25) is 4.79 Å². The second-order valence-corrected chi connectivity index (χ2v) is 2.82. The number of rotatable bonds is 4. The van der Waals surface area contributed by atoms with Crippen molar-refractivity contribution in [3.8, 4) is 0 Å². The molecule has 11 heavy (non-hydrogen) atoms. The van der Waals surface area contributed by atoms with Crippen molar-refractivity contribution < 1.29 is 9.53 Å². The molecular weight excluding hydrogens is 142 g/mol. The minimum Gasteiger partial charge on any atom is -0.465 e. The first kappa shape index (κ1) is 10.4. The summed E-state index contributed by atoms with van der Waals surface area (Å²) in [6.45, 7) is 6.04. The van der Waals surface area contributed by atoms with Crippen molar-refractivity contribution >= 4 is 5.97 Å². The third kappa shape index (κ3) is 3.98. The van der Waals surface area contributed by atoms with E-state index < -0.39 is 0 Å². The Labute approximate surface area is 67.9 Å². The van der Waals surface area contributed by atoms with E-state index in [2.05, 4.69) is 0 Å². The standard InChI is InChI=1S/C8H17NO2/c1-4-5-11-8(10)6(2)7(3)9/h6-7H,4-5,9H2,1-3H3. The van der Waals surface area contributed by atoms with Gasteiger partial charge in [-0.15, -0.1) is 0 Å². The predicted octanol–water partition coefficient (Wildman–Crippen LogP) is 0.923. The van der Waals surface area contributed by atoms with Crippen molar-refractivity contribution in [1.82, 2.24) is 0 Å². The summed E-state index contributed by atoms with van der Waals surface area (Å²) in [6, 6.07) is -0.126. The van der Waals surface area contributed by atoms with Crippen LogP contribution >= 0.6 is 0 Å². The molecule has 0 saturated carbocycles. The van der Waals surface area contributed by atoms with E-state index in [1.54, 1.807) is 13.8 Å². The molecule has 0 heterocycles. The molecule has 2 unspecified atom stereocenters. The molecule has 0 aromatic rings. The summed E-state index contributed by atoms with van der Waals surface area (Å²) in [5.41, 5.74) is 5.51. The number of nitrogens with two attached hydrogens (primary N) is 1. The largest absolute Gasteiger partial charge is 0.465 e. The Morgan fingerprint density at radius 3 is 2.45 bits per heavy atom. The zero-order valence-corrected chi connectivity index (χ0v) is 7.46. The van der Waals surface area contributed by atoms with Crippen molar-refractivity contribution in [2.75, 3.05) is 6.61 Å². The van der Waals surface area contributed by atoms with E-state index >= 15 is 0 Å². The lowest BCUT2D eigenvalue weighted by Crippen LogP contribution is -2.31. The molecule has 3 heteroatoms. The second-order valence-electron chi connectivity index (χ2n) is 2.82. The van der Waals surface area contributed by atoms with Gasteiger partial charge >= 0.3 is 5.97 Å². The van der Waals surface area contributed by atoms with Crippen LogP contribution in [0.4, 0.5) is 0 Å². The third-order valence-electron chi connectivity index (χ3n) is 1.61. The van der Waals surface area contributed by atoms with Gasteiger partial charge in [0.25, 0.3) is 0 Å². The van der Waals surface area contributed by atoms with Gasteiger partial charge in [0.05, 0.1) is 12.5 Å². The molecule has 0 bridgehead atoms. The van der Waals surface area contributed by atoms with Gasteiger partial charge in [0.15, 0.2) is 0 Å². The molecule has 0 aromatic carbocycles. The SMILES string of the molecule is CCCOC(=O)C(C)C(C)N. The molecule has 0 fully saturated rings. The minimum absolute atomic E-state index is 0.126. The predicted molar refractivity (Wildman–Crippen MR) is 44.1 cm³/mol. The maximum absolute atomic E-state index is 11.0. The molecule has 66 valence electrons. The second kappa shape index (κ2) is 5.13. The normalized spacial score (nSPS) is 15.6. The summed E-state index contributed by atoms with van der Waals surface area (Å²) in [4.78, 5) is 11.0. The highest BCUT2D eigenvalue weighted by molar-refractivity contribution is 5.72. The van der Waals surface area contributed by atoms with Gasteiger partial charge in [-0.2, -0.15) is 0 Å². The molecule has 0 aromatic heterocycles. The molecule has 0 saturated heterocycles. The lowest BCUT2D eigenvalue weighted by Gasteiger charge is -2.13. The van der Waals surface area contributed by atoms with Crippen molar-refractivity contribution in [2.24, 2.45) is 11.7 Å². The van der Waals surface area contributed by atoms with Gasteiger partial charge in [-0.25, -0.2) is 0 Å². The Morgan fingerprint density at radius 1 is 1.55 bits per heavy atom. The van der Waals surface area contributed by atoms with E-state index in [0.717, 1.165) is 6.42 Å². The zero-order chi connectivity index (χ0) is 8.85. The highest BCUT2D eigenvalue weighted by atomic mass is 16.5. The first-order chi connectivity index (χ1) is 5.09. The van der Waals surface area contributed by atoms with E-state index in [1.165, 1.54) is 0 Å². The third-order valence-corrected chi connectivity index (χ3v) is 1.61. The van der Waals surface area contributed by atoms with Crippen LogP contribution in [0.25, 0.3) is 0 Å². The van der Waals surface area contributed by atoms with Crippen LogP contribution in [-0.2, 0) is 9.53 Å². The topological polar surface area (TPSA) is 52.3 Å². The highest BCUT2D eigenvalue weighted by Gasteiger charge is 2.17. The maximum Gasteiger partial charge on any atom is 0.310 e. The van der Waals surface area contributed by atoms with Gasteiger partial charge in [0, 0.05) is 6.04 Å². The average molecular weight is 159 g/mol. The molecule has 2 N–H and O–H groups in total. The summed E-state index contributed by atoms with van der Waals surface area (Å²) in [5.74, 6) is -0.386. The maximum atomic E-state index is 11.0. The van der Waals surface area contributed by atoms with Crippen LogP contribution in [0.1, 0.15) is 27.2 Å². The van der Waals surface area contributed by atoms with E-state index in [-0.39, 0.29) is 17.9 Å². The number of ether oxygens (including phenoxy) is 1. The van der Waals surface area contributed by atoms with Crippen molar-refractivity contribution in [3.05, 3.63) is 0 Å². The molecule has 2 atom stereocenters. The van der Waals surface area contributed by atoms with Crippen LogP contribution < -0.4 is 5.73 Å². The number of hydrogen-bond acceptors (Lipinski definition) is 3. The molecule has 0 aliphatic heterocycles. The van der Waals surface area contributed by atoms with Crippen LogP contribution in [0, 0.1) is 5.92 Å². The molecular formula is C8H17NO2. The first-order valence-corrected chi connectivity index (χ1v) is 4.01. The lowest BCUT2D eigenvalue weighted by atomic mass is 10.1. The number of carbonyl (C=O) groups is 1. The van der Waals surface area contributed by atoms with Gasteiger partial charge in [0.1, 0.15) is 0 Å². The average Bonchev–Trinajstić information content (AvgIpc) is 1.98. The molecule has 0 radical (unpaired) electrons. The molecule has 0 aliphatic rings. The first-order valence-electron chi connectivity index (χ1n) is 4.01. The summed E-state index contributed by atoms with van der Waals surface area (Å²) in [5, 5.41) is 0. The lowest BCUT2D eigenvalue weighted by molar-refractivity contribution is -0.148. The zero-order valence-electron chi connectivity index (χ0n) is 7.46. The van der Waals surface area contributed by atoms with Gasteiger partial charge in [0.2, 0.25) is 0 Å². The van der Waals surface area contributed by atoms with Crippen LogP contribution in [0.3, 0.4) is 0 Å². The van der Waals surface area contributed by atoms with Crippen LogP contribution in [-0.4, -0.2) is 18.6 Å². The highest BCUT2D eigenvalue weighted by Crippen LogP contribution is 2.02. The number of esters is 1. The van der Waals surface area contributed by atoms with Gasteiger partial charge < -0.3 is 10.5 Å². The number of hydrogen-bond donors (Lipinski definition) is 1. The Hall–Kier alpha value is -0.570. The Balaban J connectivity index is 3.64. The van der Waals surface area contributed by atoms with Crippen LogP contribution in [0.15, 0.2) is 0 Å². The molecule has 0 spiro atoms. The van der Waals surface area contributed by atoms with E-state index in [9.17, 15) is 4.79 Å². The fourth-order valence-corrected chi connectivity index (χ4v) is 0.549. The summed E-state index contributed by atoms with van der Waals surface area (Å²) in [7, 11) is 0. The van der Waals surface area contributed by atoms with Gasteiger partial charge in [-0.1, -0.05) is 13.8 Å². The Morgan fingerprint density at radius 2 is 2.09 bits per heavy atom. The van der Waals surface area contributed by atoms with Gasteiger partial charge in [-0.05, 0) is 13.3 Å². The summed E-state index contributed by atoms with van der Waals surface area (Å²) in [6.07, 6.45) is 0.859. The van der Waals surface area contributed by atoms with E-state index in [4.69, 9.17) is 10.5 Å². The fraction of sp³-hybridized carbons (Fsp3) is 0.875. The monoisotopic (exact) mass is 159 g/mol. The van der Waals surface area contributed by atoms with E-state index in [0.29, 0.717) is 6.61 Å². The number of carbonyl (C=O) groups excluding carboxylic acids is 1. The Kier molecular flexibility index (Phi) is 4.86. The smallest absolute Gasteiger partial charge is 0.310 e. The van der Waals surface area contributed by atoms with Crippen molar-refractivity contribution in [1.29, 1.82) is 0 Å². The Bertz CT molecular complexity index is 123. The quantitative estimate of drug-likeness (QED) is 0.621. The van der Waals surface area contributed by atoms with Crippen molar-refractivity contribution in [2.45, 2.75) is 33.2 Å². The molecule has 3 nitrogen and oxygen atoms in total. The minimum atomic E-state index is -0.193. The van der Waals surface area contributed by atoms with Crippen molar-refractivity contribution in [3.63, 3.8) is 0 Å². The van der Waals surface area contributed by atoms with Crippen LogP contribution in [0.2, 0.25) is 0 Å². The molecule has 0 rings (SSSR count). The molecule has 0 aliphatic carbocycles. The summed E-state index contributed by atoms with van der Waals surface area (Å²) < 4.78 is 4.90. The fourth-order valence-electron chi connectivity index (χ4n) is 0.549. The summed E-state index contributed by atoms with van der Waals surface area (Å²) >= 11 is 0. The van der Waals surface area contributed by atoms with Crippen LogP contribution in [0.5, 0.6) is 0 Å².